The van der Waals surface area contributed by atoms with Gasteiger partial charge in [0.1, 0.15) is 5.69 Å². The maximum Gasteiger partial charge on any atom is 0.274 e. The van der Waals surface area contributed by atoms with Crippen LogP contribution in [0.4, 0.5) is 17.3 Å². The second-order valence-electron chi connectivity index (χ2n) is 6.91. The number of carbonyl (C=O) groups is 1. The van der Waals surface area contributed by atoms with Crippen LogP contribution in [0.5, 0.6) is 0 Å². The van der Waals surface area contributed by atoms with Crippen LogP contribution in [0.25, 0.3) is 0 Å². The average molecular weight is 360 g/mol. The predicted octanol–water partition coefficient (Wildman–Crippen LogP) is 5.21. The molecule has 0 bridgehead atoms. The van der Waals surface area contributed by atoms with E-state index >= 15 is 0 Å². The van der Waals surface area contributed by atoms with Crippen LogP contribution in [0.3, 0.4) is 0 Å². The van der Waals surface area contributed by atoms with Crippen LogP contribution in [0.1, 0.15) is 47.1 Å². The van der Waals surface area contributed by atoms with Crippen molar-refractivity contribution in [2.45, 2.75) is 33.6 Å². The third-order valence-corrected chi connectivity index (χ3v) is 4.19. The van der Waals surface area contributed by atoms with Crippen molar-refractivity contribution in [1.82, 2.24) is 9.97 Å². The van der Waals surface area contributed by atoms with Gasteiger partial charge in [0.25, 0.3) is 5.91 Å². The summed E-state index contributed by atoms with van der Waals surface area (Å²) >= 11 is 0. The van der Waals surface area contributed by atoms with E-state index in [-0.39, 0.29) is 5.91 Å². The van der Waals surface area contributed by atoms with Gasteiger partial charge in [-0.05, 0) is 55.2 Å². The smallest absolute Gasteiger partial charge is 0.274 e. The highest BCUT2D eigenvalue weighted by molar-refractivity contribution is 6.03. The lowest BCUT2D eigenvalue weighted by atomic mass is 10.0. The summed E-state index contributed by atoms with van der Waals surface area (Å²) in [6, 6.07) is 17.4. The van der Waals surface area contributed by atoms with Gasteiger partial charge in [0.15, 0.2) is 0 Å². The Morgan fingerprint density at radius 3 is 2.48 bits per heavy atom. The molecule has 138 valence electrons. The van der Waals surface area contributed by atoms with Crippen molar-refractivity contribution in [3.63, 3.8) is 0 Å². The molecule has 5 nitrogen and oxygen atoms in total. The molecule has 27 heavy (non-hydrogen) atoms. The van der Waals surface area contributed by atoms with E-state index in [1.807, 2.05) is 62.4 Å². The number of benzene rings is 2. The highest BCUT2D eigenvalue weighted by atomic mass is 16.1. The molecule has 0 radical (unpaired) electrons. The van der Waals surface area contributed by atoms with Gasteiger partial charge in [-0.25, -0.2) is 9.97 Å². The number of anilines is 3. The molecule has 5 heteroatoms. The lowest BCUT2D eigenvalue weighted by molar-refractivity contribution is 0.102. The summed E-state index contributed by atoms with van der Waals surface area (Å²) in [7, 11) is 0. The Morgan fingerprint density at radius 2 is 1.74 bits per heavy atom. The van der Waals surface area contributed by atoms with Crippen molar-refractivity contribution in [2.75, 3.05) is 10.6 Å². The Kier molecular flexibility index (Phi) is 5.50. The summed E-state index contributed by atoms with van der Waals surface area (Å²) in [4.78, 5) is 21.6. The van der Waals surface area contributed by atoms with E-state index in [9.17, 15) is 4.79 Å². The normalized spacial score (nSPS) is 10.7. The SMILES string of the molecule is Cc1cccc(Nc2nc(C)cc(C(=O)Nc3ccccc3C(C)C)n2)c1. The Hall–Kier alpha value is -3.21. The van der Waals surface area contributed by atoms with Crippen molar-refractivity contribution in [1.29, 1.82) is 0 Å². The number of rotatable bonds is 5. The van der Waals surface area contributed by atoms with E-state index in [0.717, 1.165) is 28.2 Å². The molecule has 1 heterocycles. The molecule has 0 saturated carbocycles. The Balaban J connectivity index is 1.84. The number of para-hydroxylation sites is 1. The van der Waals surface area contributed by atoms with E-state index in [1.54, 1.807) is 6.07 Å². The minimum atomic E-state index is -0.249. The molecule has 0 unspecified atom stereocenters. The molecule has 2 aromatic carbocycles. The molecule has 0 aliphatic carbocycles. The number of nitrogens with zero attached hydrogens (tertiary/aromatic N) is 2. The Morgan fingerprint density at radius 1 is 0.963 bits per heavy atom. The van der Waals surface area contributed by atoms with Gasteiger partial charge in [-0.15, -0.1) is 0 Å². The summed E-state index contributed by atoms with van der Waals surface area (Å²) in [5.41, 5.74) is 4.98. The van der Waals surface area contributed by atoms with Gasteiger partial charge in [0.05, 0.1) is 0 Å². The Labute approximate surface area is 159 Å². The highest BCUT2D eigenvalue weighted by Crippen LogP contribution is 2.24. The first-order valence-corrected chi connectivity index (χ1v) is 9.02. The summed E-state index contributed by atoms with van der Waals surface area (Å²) in [5.74, 6) is 0.468. The monoisotopic (exact) mass is 360 g/mol. The van der Waals surface area contributed by atoms with Crippen LogP contribution < -0.4 is 10.6 Å². The summed E-state index contributed by atoms with van der Waals surface area (Å²) in [5, 5.41) is 6.15. The number of hydrogen-bond donors (Lipinski definition) is 2. The highest BCUT2D eigenvalue weighted by Gasteiger charge is 2.14. The predicted molar refractivity (Wildman–Crippen MR) is 110 cm³/mol. The first kappa shape index (κ1) is 18.6. The van der Waals surface area contributed by atoms with E-state index in [2.05, 4.69) is 34.4 Å². The quantitative estimate of drug-likeness (QED) is 0.655. The number of hydrogen-bond acceptors (Lipinski definition) is 4. The minimum absolute atomic E-state index is 0.249. The standard InChI is InChI=1S/C22H24N4O/c1-14(2)18-10-5-6-11-19(18)25-21(27)20-13-16(4)23-22(26-20)24-17-9-7-8-15(3)12-17/h5-14H,1-4H3,(H,25,27)(H,23,24,26). The number of aryl methyl sites for hydroxylation is 2. The van der Waals surface area contributed by atoms with E-state index in [4.69, 9.17) is 0 Å². The molecule has 0 fully saturated rings. The maximum atomic E-state index is 12.8. The van der Waals surface area contributed by atoms with Gasteiger partial charge in [0, 0.05) is 17.1 Å². The maximum absolute atomic E-state index is 12.8. The molecule has 3 aromatic rings. The molecular weight excluding hydrogens is 336 g/mol. The molecular formula is C22H24N4O. The number of aromatic nitrogens is 2. The number of amides is 1. The van der Waals surface area contributed by atoms with Crippen molar-refractivity contribution >= 4 is 23.2 Å². The number of carbonyl (C=O) groups excluding carboxylic acids is 1. The van der Waals surface area contributed by atoms with Gasteiger partial charge < -0.3 is 10.6 Å². The fourth-order valence-electron chi connectivity index (χ4n) is 2.89. The summed E-state index contributed by atoms with van der Waals surface area (Å²) in [6.07, 6.45) is 0. The molecule has 0 atom stereocenters. The van der Waals surface area contributed by atoms with Crippen LogP contribution in [0.15, 0.2) is 54.6 Å². The van der Waals surface area contributed by atoms with Gasteiger partial charge >= 0.3 is 0 Å². The third kappa shape index (κ3) is 4.70. The van der Waals surface area contributed by atoms with Crippen LogP contribution in [-0.2, 0) is 0 Å². The zero-order valence-corrected chi connectivity index (χ0v) is 16.1. The molecule has 0 saturated heterocycles. The third-order valence-electron chi connectivity index (χ3n) is 4.19. The number of nitrogens with one attached hydrogen (secondary N) is 2. The van der Waals surface area contributed by atoms with Gasteiger partial charge in [-0.1, -0.05) is 44.2 Å². The Bertz CT molecular complexity index is 966. The van der Waals surface area contributed by atoms with Gasteiger partial charge in [-0.3, -0.25) is 4.79 Å². The van der Waals surface area contributed by atoms with Crippen LogP contribution in [0.2, 0.25) is 0 Å². The molecule has 3 rings (SSSR count). The summed E-state index contributed by atoms with van der Waals surface area (Å²) in [6.45, 7) is 8.07. The largest absolute Gasteiger partial charge is 0.324 e. The van der Waals surface area contributed by atoms with Crippen molar-refractivity contribution in [2.24, 2.45) is 0 Å². The lowest BCUT2D eigenvalue weighted by Gasteiger charge is -2.14. The summed E-state index contributed by atoms with van der Waals surface area (Å²) < 4.78 is 0. The molecule has 2 N–H and O–H groups in total. The zero-order chi connectivity index (χ0) is 19.4. The molecule has 0 aliphatic heterocycles. The lowest BCUT2D eigenvalue weighted by Crippen LogP contribution is -2.16. The first-order chi connectivity index (χ1) is 12.9. The molecule has 1 aromatic heterocycles. The fraction of sp³-hybridized carbons (Fsp3) is 0.227. The molecule has 0 spiro atoms. The fourth-order valence-corrected chi connectivity index (χ4v) is 2.89. The van der Waals surface area contributed by atoms with E-state index in [0.29, 0.717) is 17.6 Å². The topological polar surface area (TPSA) is 66.9 Å². The molecule has 0 aliphatic rings. The van der Waals surface area contributed by atoms with E-state index in [1.165, 1.54) is 0 Å². The van der Waals surface area contributed by atoms with E-state index < -0.39 is 0 Å². The van der Waals surface area contributed by atoms with Gasteiger partial charge in [-0.2, -0.15) is 0 Å². The molecule has 1 amide bonds. The van der Waals surface area contributed by atoms with Crippen molar-refractivity contribution in [3.8, 4) is 0 Å². The average Bonchev–Trinajstić information content (AvgIpc) is 2.61. The minimum Gasteiger partial charge on any atom is -0.324 e. The zero-order valence-electron chi connectivity index (χ0n) is 16.1. The van der Waals surface area contributed by atoms with Crippen LogP contribution in [0, 0.1) is 13.8 Å². The van der Waals surface area contributed by atoms with Gasteiger partial charge in [0.2, 0.25) is 5.95 Å². The first-order valence-electron chi connectivity index (χ1n) is 9.02. The van der Waals surface area contributed by atoms with Crippen molar-refractivity contribution < 1.29 is 4.79 Å². The second-order valence-corrected chi connectivity index (χ2v) is 6.91. The van der Waals surface area contributed by atoms with Crippen molar-refractivity contribution in [3.05, 3.63) is 77.1 Å². The second kappa shape index (κ2) is 7.99. The van der Waals surface area contributed by atoms with Crippen LogP contribution >= 0.6 is 0 Å². The van der Waals surface area contributed by atoms with Crippen LogP contribution in [-0.4, -0.2) is 15.9 Å².